The lowest BCUT2D eigenvalue weighted by atomic mass is 9.42. The highest BCUT2D eigenvalue weighted by Crippen LogP contribution is 2.68. The molecule has 0 saturated heterocycles. The second-order valence-corrected chi connectivity index (χ2v) is 13.3. The van der Waals surface area contributed by atoms with Gasteiger partial charge in [0, 0.05) is 12.5 Å². The molecule has 0 amide bonds. The van der Waals surface area contributed by atoms with Crippen molar-refractivity contribution in [1.82, 2.24) is 4.72 Å². The quantitative estimate of drug-likeness (QED) is 0.362. The van der Waals surface area contributed by atoms with Crippen molar-refractivity contribution in [2.45, 2.75) is 96.8 Å². The average molecular weight is 488 g/mol. The molecule has 4 aliphatic carbocycles. The van der Waals surface area contributed by atoms with Crippen molar-refractivity contribution in [3.05, 3.63) is 0 Å². The fourth-order valence-electron chi connectivity index (χ4n) is 9.04. The molecule has 0 aromatic carbocycles. The highest BCUT2D eigenvalue weighted by Gasteiger charge is 2.66. The van der Waals surface area contributed by atoms with Crippen LogP contribution < -0.4 is 4.72 Å². The molecule has 0 radical (unpaired) electrons. The van der Waals surface area contributed by atoms with Gasteiger partial charge in [-0.2, -0.15) is 13.1 Å². The number of hydrogen-bond donors (Lipinski definition) is 5. The van der Waals surface area contributed by atoms with E-state index in [1.54, 1.807) is 0 Å². The molecule has 0 spiro atoms. The molecule has 0 bridgehead atoms. The summed E-state index contributed by atoms with van der Waals surface area (Å²) in [6.45, 7) is 6.45. The number of aliphatic hydroxyl groups excluding tert-OH is 2. The minimum Gasteiger partial charge on any atom is -0.481 e. The van der Waals surface area contributed by atoms with Gasteiger partial charge in [0.25, 0.3) is 0 Å². The van der Waals surface area contributed by atoms with Gasteiger partial charge in [-0.25, -0.2) is 0 Å². The first-order valence-corrected chi connectivity index (χ1v) is 14.0. The SMILES string of the molecule is C[C@H](CCC(=O)O)[C@H]1CC[C@H]2[C@@H]3C(NS(=O)(=O)O)C[C@@H]4C[C@H](O)CC[C@]4(C)[C@H]3C[C@H](O)[C@]12C. The molecule has 4 aliphatic rings. The lowest BCUT2D eigenvalue weighted by molar-refractivity contribution is -0.182. The van der Waals surface area contributed by atoms with Gasteiger partial charge in [0.15, 0.2) is 0 Å². The first kappa shape index (κ1) is 25.4. The Bertz CT molecular complexity index is 865. The summed E-state index contributed by atoms with van der Waals surface area (Å²) in [6, 6.07) is -0.432. The van der Waals surface area contributed by atoms with Gasteiger partial charge in [0.05, 0.1) is 12.2 Å². The zero-order chi connectivity index (χ0) is 24.3. The number of carboxylic acid groups (broad SMARTS) is 1. The third-order valence-corrected chi connectivity index (χ3v) is 11.3. The molecule has 0 aromatic heterocycles. The van der Waals surface area contributed by atoms with Crippen molar-refractivity contribution < 1.29 is 33.1 Å². The van der Waals surface area contributed by atoms with E-state index in [0.717, 1.165) is 25.7 Å². The number of carbonyl (C=O) groups is 1. The summed E-state index contributed by atoms with van der Waals surface area (Å²) in [5, 5.41) is 31.1. The van der Waals surface area contributed by atoms with Crippen LogP contribution in [0.1, 0.15) is 78.6 Å². The van der Waals surface area contributed by atoms with Gasteiger partial charge in [-0.15, -0.1) is 0 Å². The molecule has 1 unspecified atom stereocenters. The van der Waals surface area contributed by atoms with Crippen molar-refractivity contribution in [1.29, 1.82) is 0 Å². The molecule has 0 aliphatic heterocycles. The maximum atomic E-state index is 11.9. The van der Waals surface area contributed by atoms with Crippen LogP contribution in [0, 0.1) is 46.3 Å². The van der Waals surface area contributed by atoms with E-state index in [2.05, 4.69) is 25.5 Å². The zero-order valence-corrected chi connectivity index (χ0v) is 20.8. The maximum absolute atomic E-state index is 11.9. The summed E-state index contributed by atoms with van der Waals surface area (Å²) in [5.74, 6) is -0.182. The third kappa shape index (κ3) is 4.37. The van der Waals surface area contributed by atoms with Crippen LogP contribution in [0.25, 0.3) is 0 Å². The van der Waals surface area contributed by atoms with Gasteiger partial charge in [-0.1, -0.05) is 20.8 Å². The van der Waals surface area contributed by atoms with Crippen LogP contribution in [0.2, 0.25) is 0 Å². The molecule has 8 nitrogen and oxygen atoms in total. The van der Waals surface area contributed by atoms with Crippen molar-refractivity contribution in [3.63, 3.8) is 0 Å². The fraction of sp³-hybridized carbons (Fsp3) is 0.958. The van der Waals surface area contributed by atoms with Crippen LogP contribution in [-0.4, -0.2) is 52.5 Å². The fourth-order valence-corrected chi connectivity index (χ4v) is 9.68. The normalized spacial score (nSPS) is 48.4. The van der Waals surface area contributed by atoms with E-state index in [1.165, 1.54) is 0 Å². The molecular weight excluding hydrogens is 446 g/mol. The van der Waals surface area contributed by atoms with E-state index < -0.39 is 39.9 Å². The Hall–Kier alpha value is -0.740. The highest BCUT2D eigenvalue weighted by molar-refractivity contribution is 7.83. The summed E-state index contributed by atoms with van der Waals surface area (Å²) < 4.78 is 36.1. The maximum Gasteiger partial charge on any atom is 0.333 e. The number of carboxylic acids is 1. The molecule has 4 saturated carbocycles. The van der Waals surface area contributed by atoms with Gasteiger partial charge in [-0.05, 0) is 97.7 Å². The number of fused-ring (bicyclic) bond motifs is 5. The lowest BCUT2D eigenvalue weighted by Crippen LogP contribution is -2.65. The second-order valence-electron chi connectivity index (χ2n) is 12.1. The molecule has 190 valence electrons. The number of aliphatic hydroxyl groups is 2. The highest BCUT2D eigenvalue weighted by atomic mass is 32.2. The second kappa shape index (κ2) is 8.73. The Morgan fingerprint density at radius 1 is 1.09 bits per heavy atom. The van der Waals surface area contributed by atoms with Crippen LogP contribution in [0.3, 0.4) is 0 Å². The molecular formula is C24H41NO7S. The molecule has 5 N–H and O–H groups in total. The van der Waals surface area contributed by atoms with Gasteiger partial charge in [-0.3, -0.25) is 9.35 Å². The minimum absolute atomic E-state index is 0.00603. The van der Waals surface area contributed by atoms with Crippen LogP contribution in [0.5, 0.6) is 0 Å². The van der Waals surface area contributed by atoms with E-state index in [4.69, 9.17) is 5.11 Å². The number of nitrogens with one attached hydrogen (secondary N) is 1. The largest absolute Gasteiger partial charge is 0.481 e. The summed E-state index contributed by atoms with van der Waals surface area (Å²) in [6.07, 6.45) is 4.84. The first-order chi connectivity index (χ1) is 15.3. The summed E-state index contributed by atoms with van der Waals surface area (Å²) in [7, 11) is -4.40. The van der Waals surface area contributed by atoms with E-state index in [0.29, 0.717) is 25.7 Å². The van der Waals surface area contributed by atoms with E-state index in [-0.39, 0.29) is 47.3 Å². The van der Waals surface area contributed by atoms with Crippen molar-refractivity contribution in [3.8, 4) is 0 Å². The Morgan fingerprint density at radius 2 is 1.79 bits per heavy atom. The van der Waals surface area contributed by atoms with Gasteiger partial charge in [0.2, 0.25) is 0 Å². The van der Waals surface area contributed by atoms with Crippen molar-refractivity contribution in [2.24, 2.45) is 46.3 Å². The monoisotopic (exact) mass is 487 g/mol. The van der Waals surface area contributed by atoms with Crippen LogP contribution >= 0.6 is 0 Å². The third-order valence-electron chi connectivity index (χ3n) is 10.7. The average Bonchev–Trinajstić information content (AvgIpc) is 3.05. The predicted molar refractivity (Wildman–Crippen MR) is 123 cm³/mol. The Kier molecular flexibility index (Phi) is 6.71. The molecule has 33 heavy (non-hydrogen) atoms. The van der Waals surface area contributed by atoms with Crippen LogP contribution in [-0.2, 0) is 15.1 Å². The molecule has 4 rings (SSSR count). The molecule has 9 heteroatoms. The van der Waals surface area contributed by atoms with Gasteiger partial charge in [0.1, 0.15) is 0 Å². The summed E-state index contributed by atoms with van der Waals surface area (Å²) in [4.78, 5) is 11.1. The van der Waals surface area contributed by atoms with E-state index in [9.17, 15) is 28.0 Å². The van der Waals surface area contributed by atoms with Crippen molar-refractivity contribution in [2.75, 3.05) is 0 Å². The summed E-state index contributed by atoms with van der Waals surface area (Å²) in [5.41, 5.74) is -0.508. The molecule has 0 aromatic rings. The number of rotatable bonds is 6. The molecule has 11 atom stereocenters. The topological polar surface area (TPSA) is 144 Å². The molecule has 0 heterocycles. The van der Waals surface area contributed by atoms with E-state index in [1.807, 2.05) is 0 Å². The first-order valence-electron chi connectivity index (χ1n) is 12.6. The van der Waals surface area contributed by atoms with Crippen LogP contribution in [0.4, 0.5) is 0 Å². The molecule has 4 fully saturated rings. The Labute approximate surface area is 197 Å². The summed E-state index contributed by atoms with van der Waals surface area (Å²) >= 11 is 0. The standard InChI is InChI=1S/C24H41NO7S/c1-13(4-7-21(28)29)16-5-6-17-22-18(12-20(27)24(16,17)3)23(2)9-8-15(26)10-14(23)11-19(22)25-33(30,31)32/h13-20,22,25-27H,4-12H2,1-3H3,(H,28,29)(H,30,31,32)/t13-,14+,15-,16-,17+,18+,19?,20+,22+,23+,24-/m1/s1. The Morgan fingerprint density at radius 3 is 2.42 bits per heavy atom. The predicted octanol–water partition coefficient (Wildman–Crippen LogP) is 2.85. The van der Waals surface area contributed by atoms with Crippen molar-refractivity contribution >= 4 is 16.3 Å². The van der Waals surface area contributed by atoms with E-state index >= 15 is 0 Å². The lowest BCUT2D eigenvalue weighted by Gasteiger charge is -2.64. The Balaban J connectivity index is 1.69. The number of aliphatic carboxylic acids is 1. The zero-order valence-electron chi connectivity index (χ0n) is 20.0. The number of hydrogen-bond acceptors (Lipinski definition) is 5. The van der Waals surface area contributed by atoms with Crippen LogP contribution in [0.15, 0.2) is 0 Å². The van der Waals surface area contributed by atoms with Gasteiger partial charge >= 0.3 is 16.3 Å². The van der Waals surface area contributed by atoms with Gasteiger partial charge < -0.3 is 15.3 Å². The smallest absolute Gasteiger partial charge is 0.333 e. The minimum atomic E-state index is -4.40.